The fourth-order valence-electron chi connectivity index (χ4n) is 4.07. The van der Waals surface area contributed by atoms with Gasteiger partial charge in [0.1, 0.15) is 12.4 Å². The molecule has 2 atom stereocenters. The SMILES string of the molecule is CN[C@H](CN1CCCC1)C1(C)C=CC(OCCOCCOCCOCCOCCOC)=CC1. The maximum Gasteiger partial charge on any atom is 0.115 e. The number of nitrogens with zero attached hydrogens (tertiary/aromatic N) is 1. The Kier molecular flexibility index (Phi) is 14.9. The van der Waals surface area contributed by atoms with Gasteiger partial charge in [0.25, 0.3) is 0 Å². The highest BCUT2D eigenvalue weighted by Crippen LogP contribution is 2.34. The van der Waals surface area contributed by atoms with Crippen LogP contribution in [0.3, 0.4) is 0 Å². The molecule has 0 amide bonds. The molecule has 1 aliphatic carbocycles. The highest BCUT2D eigenvalue weighted by atomic mass is 16.6. The summed E-state index contributed by atoms with van der Waals surface area (Å²) in [7, 11) is 3.73. The lowest BCUT2D eigenvalue weighted by Gasteiger charge is -2.38. The number of likely N-dealkylation sites (tertiary alicyclic amines) is 1. The number of hydrogen-bond acceptors (Lipinski definition) is 8. The average molecular weight is 471 g/mol. The average Bonchev–Trinajstić information content (AvgIpc) is 3.34. The van der Waals surface area contributed by atoms with Crippen molar-refractivity contribution >= 4 is 0 Å². The van der Waals surface area contributed by atoms with Crippen LogP contribution in [0.4, 0.5) is 0 Å². The van der Waals surface area contributed by atoms with Gasteiger partial charge in [0, 0.05) is 25.1 Å². The largest absolute Gasteiger partial charge is 0.492 e. The summed E-state index contributed by atoms with van der Waals surface area (Å²) in [6, 6.07) is 0.438. The van der Waals surface area contributed by atoms with Crippen molar-refractivity contribution in [1.29, 1.82) is 0 Å². The molecular formula is C25H46N2O6. The fourth-order valence-corrected chi connectivity index (χ4v) is 4.07. The molecule has 2 rings (SSSR count). The standard InChI is InChI=1S/C25H46N2O6/c1-25(24(26-2)22-27-10-4-5-11-27)8-6-23(7-9-25)33-21-20-32-19-18-31-17-16-30-15-14-29-13-12-28-3/h6-8,24,26H,4-5,9-22H2,1-3H3/t24-,25?/m1/s1. The van der Waals surface area contributed by atoms with E-state index in [1.165, 1.54) is 25.9 Å². The topological polar surface area (TPSA) is 70.7 Å². The summed E-state index contributed by atoms with van der Waals surface area (Å²) in [4.78, 5) is 2.57. The fraction of sp³-hybridized carbons (Fsp3) is 0.840. The molecule has 33 heavy (non-hydrogen) atoms. The second-order valence-electron chi connectivity index (χ2n) is 8.79. The van der Waals surface area contributed by atoms with E-state index in [0.717, 1.165) is 18.7 Å². The van der Waals surface area contributed by atoms with Crippen LogP contribution in [0.5, 0.6) is 0 Å². The lowest BCUT2D eigenvalue weighted by molar-refractivity contribution is -0.0115. The number of hydrogen-bond donors (Lipinski definition) is 1. The molecule has 0 aromatic rings. The molecule has 1 heterocycles. The second-order valence-corrected chi connectivity index (χ2v) is 8.79. The van der Waals surface area contributed by atoms with E-state index in [0.29, 0.717) is 72.1 Å². The Morgan fingerprint density at radius 3 is 1.91 bits per heavy atom. The second kappa shape index (κ2) is 17.4. The minimum atomic E-state index is 0.110. The lowest BCUT2D eigenvalue weighted by atomic mass is 9.76. The first-order valence-electron chi connectivity index (χ1n) is 12.4. The Balaban J connectivity index is 1.43. The molecule has 0 spiro atoms. The predicted molar refractivity (Wildman–Crippen MR) is 130 cm³/mol. The molecule has 0 aromatic heterocycles. The van der Waals surface area contributed by atoms with Crippen molar-refractivity contribution in [2.24, 2.45) is 5.41 Å². The van der Waals surface area contributed by atoms with Crippen LogP contribution in [0.15, 0.2) is 24.0 Å². The van der Waals surface area contributed by atoms with E-state index in [4.69, 9.17) is 28.4 Å². The van der Waals surface area contributed by atoms with Gasteiger partial charge >= 0.3 is 0 Å². The van der Waals surface area contributed by atoms with Crippen molar-refractivity contribution in [2.45, 2.75) is 32.2 Å². The van der Waals surface area contributed by atoms with Gasteiger partial charge in [0.05, 0.1) is 59.5 Å². The van der Waals surface area contributed by atoms with Crippen LogP contribution in [0.2, 0.25) is 0 Å². The van der Waals surface area contributed by atoms with Crippen LogP contribution in [0, 0.1) is 5.41 Å². The van der Waals surface area contributed by atoms with Gasteiger partial charge < -0.3 is 38.6 Å². The number of methoxy groups -OCH3 is 1. The Morgan fingerprint density at radius 1 is 0.879 bits per heavy atom. The molecule has 8 heteroatoms. The van der Waals surface area contributed by atoms with Crippen molar-refractivity contribution in [3.05, 3.63) is 24.0 Å². The zero-order chi connectivity index (χ0) is 23.6. The van der Waals surface area contributed by atoms with Crippen molar-refractivity contribution in [3.8, 4) is 0 Å². The van der Waals surface area contributed by atoms with Gasteiger partial charge in [0.2, 0.25) is 0 Å². The Bertz CT molecular complexity index is 553. The van der Waals surface area contributed by atoms with Gasteiger partial charge in [-0.1, -0.05) is 13.0 Å². The highest BCUT2D eigenvalue weighted by Gasteiger charge is 2.33. The van der Waals surface area contributed by atoms with E-state index < -0.39 is 0 Å². The zero-order valence-corrected chi connectivity index (χ0v) is 21.0. The Morgan fingerprint density at radius 2 is 1.42 bits per heavy atom. The van der Waals surface area contributed by atoms with Gasteiger partial charge in [-0.15, -0.1) is 0 Å². The third-order valence-corrected chi connectivity index (χ3v) is 6.20. The van der Waals surface area contributed by atoms with Crippen molar-refractivity contribution in [2.75, 3.05) is 99.9 Å². The molecule has 0 radical (unpaired) electrons. The monoisotopic (exact) mass is 470 g/mol. The van der Waals surface area contributed by atoms with E-state index in [-0.39, 0.29) is 5.41 Å². The van der Waals surface area contributed by atoms with Crippen LogP contribution in [-0.2, 0) is 28.4 Å². The van der Waals surface area contributed by atoms with Crippen LogP contribution in [0.1, 0.15) is 26.2 Å². The van der Waals surface area contributed by atoms with Crippen molar-refractivity contribution in [1.82, 2.24) is 10.2 Å². The van der Waals surface area contributed by atoms with Gasteiger partial charge in [-0.05, 0) is 51.6 Å². The maximum absolute atomic E-state index is 5.87. The quantitative estimate of drug-likeness (QED) is 0.272. The van der Waals surface area contributed by atoms with Crippen molar-refractivity contribution < 1.29 is 28.4 Å². The first-order valence-corrected chi connectivity index (χ1v) is 12.4. The van der Waals surface area contributed by atoms with Gasteiger partial charge in [0.15, 0.2) is 0 Å². The molecule has 192 valence electrons. The predicted octanol–water partition coefficient (Wildman–Crippen LogP) is 2.25. The first-order chi connectivity index (χ1) is 16.2. The van der Waals surface area contributed by atoms with Crippen LogP contribution >= 0.6 is 0 Å². The summed E-state index contributed by atoms with van der Waals surface area (Å²) in [5, 5.41) is 3.54. The number of ether oxygens (including phenoxy) is 6. The first kappa shape index (κ1) is 28.2. The molecule has 1 fully saturated rings. The normalized spacial score (nSPS) is 22.0. The molecule has 1 saturated heterocycles. The molecule has 1 N–H and O–H groups in total. The minimum Gasteiger partial charge on any atom is -0.492 e. The van der Waals surface area contributed by atoms with E-state index in [1.807, 2.05) is 0 Å². The molecule has 2 aliphatic rings. The molecule has 0 saturated carbocycles. The zero-order valence-electron chi connectivity index (χ0n) is 21.0. The van der Waals surface area contributed by atoms with E-state index in [2.05, 4.69) is 42.4 Å². The Hall–Kier alpha value is -1.00. The van der Waals surface area contributed by atoms with Crippen molar-refractivity contribution in [3.63, 3.8) is 0 Å². The summed E-state index contributed by atoms with van der Waals surface area (Å²) in [6.45, 7) is 11.6. The van der Waals surface area contributed by atoms with Crippen LogP contribution in [0.25, 0.3) is 0 Å². The minimum absolute atomic E-state index is 0.110. The lowest BCUT2D eigenvalue weighted by Crippen LogP contribution is -2.48. The number of rotatable bonds is 20. The third-order valence-electron chi connectivity index (χ3n) is 6.20. The van der Waals surface area contributed by atoms with Crippen LogP contribution in [-0.4, -0.2) is 111 Å². The highest BCUT2D eigenvalue weighted by molar-refractivity contribution is 5.23. The summed E-state index contributed by atoms with van der Waals surface area (Å²) < 4.78 is 32.6. The summed E-state index contributed by atoms with van der Waals surface area (Å²) in [5.74, 6) is 0.937. The number of allylic oxidation sites excluding steroid dienone is 2. The van der Waals surface area contributed by atoms with Crippen LogP contribution < -0.4 is 5.32 Å². The number of likely N-dealkylation sites (N-methyl/N-ethyl adjacent to an activating group) is 1. The maximum atomic E-state index is 5.87. The third kappa shape index (κ3) is 11.8. The summed E-state index contributed by atoms with van der Waals surface area (Å²) in [6.07, 6.45) is 10.3. The van der Waals surface area contributed by atoms with Gasteiger partial charge in [-0.2, -0.15) is 0 Å². The summed E-state index contributed by atoms with van der Waals surface area (Å²) in [5.41, 5.74) is 0.110. The molecule has 0 bridgehead atoms. The van der Waals surface area contributed by atoms with Gasteiger partial charge in [-0.25, -0.2) is 0 Å². The molecule has 1 unspecified atom stereocenters. The smallest absolute Gasteiger partial charge is 0.115 e. The van der Waals surface area contributed by atoms with E-state index in [9.17, 15) is 0 Å². The number of nitrogens with one attached hydrogen (secondary N) is 1. The molecule has 8 nitrogen and oxygen atoms in total. The Labute approximate surface area is 200 Å². The summed E-state index contributed by atoms with van der Waals surface area (Å²) >= 11 is 0. The molecule has 0 aromatic carbocycles. The van der Waals surface area contributed by atoms with E-state index >= 15 is 0 Å². The molecule has 1 aliphatic heterocycles. The van der Waals surface area contributed by atoms with E-state index in [1.54, 1.807) is 7.11 Å². The molecular weight excluding hydrogens is 424 g/mol. The van der Waals surface area contributed by atoms with Gasteiger partial charge in [-0.3, -0.25) is 0 Å².